The van der Waals surface area contributed by atoms with Crippen molar-refractivity contribution in [2.45, 2.75) is 89.9 Å². The molecule has 1 aromatic carbocycles. The third kappa shape index (κ3) is 7.22. The number of hydrogen-bond donors (Lipinski definition) is 0. The van der Waals surface area contributed by atoms with E-state index in [1.54, 1.807) is 12.1 Å². The van der Waals surface area contributed by atoms with E-state index in [2.05, 4.69) is 6.07 Å². The van der Waals surface area contributed by atoms with Crippen molar-refractivity contribution in [3.63, 3.8) is 0 Å². The van der Waals surface area contributed by atoms with Gasteiger partial charge in [-0.25, -0.2) is 8.78 Å². The summed E-state index contributed by atoms with van der Waals surface area (Å²) in [5, 5.41) is 8.57. The van der Waals surface area contributed by atoms with Gasteiger partial charge < -0.3 is 0 Å². The second kappa shape index (κ2) is 12.2. The second-order valence-corrected chi connectivity index (χ2v) is 9.66. The molecule has 0 atom stereocenters. The molecule has 2 aliphatic carbocycles. The number of halogens is 2. The molecule has 2 fully saturated rings. The maximum atomic E-state index is 13.3. The van der Waals surface area contributed by atoms with Gasteiger partial charge in [0.1, 0.15) is 0 Å². The average molecular weight is 414 g/mol. The number of rotatable bonds is 9. The van der Waals surface area contributed by atoms with Crippen LogP contribution in [0.1, 0.15) is 89.0 Å². The molecular formula is C27H37F2N. The van der Waals surface area contributed by atoms with Crippen LogP contribution in [0.3, 0.4) is 0 Å². The molecule has 2 saturated carbocycles. The minimum Gasteiger partial charge on any atom is -0.204 e. The van der Waals surface area contributed by atoms with Gasteiger partial charge in [0.25, 0.3) is 0 Å². The SMILES string of the molecule is N#CC=CCC[C@H]1CC[C@H]([C@H]2CC[C@H](CCCCc3ccc(F)c(F)c3)CC2)CC1. The molecule has 1 aromatic rings. The summed E-state index contributed by atoms with van der Waals surface area (Å²) < 4.78 is 26.3. The van der Waals surface area contributed by atoms with Gasteiger partial charge in [-0.15, -0.1) is 0 Å². The molecule has 0 aliphatic heterocycles. The molecule has 0 unspecified atom stereocenters. The first-order valence-corrected chi connectivity index (χ1v) is 12.1. The Balaban J connectivity index is 1.27. The highest BCUT2D eigenvalue weighted by Crippen LogP contribution is 2.43. The van der Waals surface area contributed by atoms with Crippen LogP contribution in [0.4, 0.5) is 8.78 Å². The van der Waals surface area contributed by atoms with Crippen molar-refractivity contribution in [3.05, 3.63) is 47.5 Å². The third-order valence-electron chi connectivity index (χ3n) is 7.70. The van der Waals surface area contributed by atoms with E-state index in [0.29, 0.717) is 0 Å². The Morgan fingerprint density at radius 1 is 0.833 bits per heavy atom. The van der Waals surface area contributed by atoms with E-state index < -0.39 is 11.6 Å². The Morgan fingerprint density at radius 3 is 2.07 bits per heavy atom. The number of nitrogens with zero attached hydrogens (tertiary/aromatic N) is 1. The Hall–Kier alpha value is -1.69. The van der Waals surface area contributed by atoms with Crippen molar-refractivity contribution in [1.82, 2.24) is 0 Å². The fourth-order valence-electron chi connectivity index (χ4n) is 5.82. The molecule has 3 heteroatoms. The molecule has 1 nitrogen and oxygen atoms in total. The van der Waals surface area contributed by atoms with Gasteiger partial charge in [0.2, 0.25) is 0 Å². The molecule has 3 rings (SSSR count). The summed E-state index contributed by atoms with van der Waals surface area (Å²) in [6.07, 6.45) is 21.5. The van der Waals surface area contributed by atoms with Crippen LogP contribution in [-0.4, -0.2) is 0 Å². The molecule has 0 spiro atoms. The summed E-state index contributed by atoms with van der Waals surface area (Å²) in [7, 11) is 0. The summed E-state index contributed by atoms with van der Waals surface area (Å²) in [6.45, 7) is 0. The van der Waals surface area contributed by atoms with E-state index in [1.807, 2.05) is 6.08 Å². The molecule has 0 heterocycles. The van der Waals surface area contributed by atoms with Gasteiger partial charge in [-0.2, -0.15) is 5.26 Å². The monoisotopic (exact) mass is 413 g/mol. The van der Waals surface area contributed by atoms with Crippen LogP contribution in [0.15, 0.2) is 30.4 Å². The van der Waals surface area contributed by atoms with Crippen molar-refractivity contribution in [3.8, 4) is 6.07 Å². The predicted molar refractivity (Wildman–Crippen MR) is 119 cm³/mol. The largest absolute Gasteiger partial charge is 0.204 e. The average Bonchev–Trinajstić information content (AvgIpc) is 2.78. The molecule has 0 N–H and O–H groups in total. The summed E-state index contributed by atoms with van der Waals surface area (Å²) in [5.41, 5.74) is 0.911. The van der Waals surface area contributed by atoms with E-state index in [0.717, 1.165) is 48.5 Å². The lowest BCUT2D eigenvalue weighted by molar-refractivity contribution is 0.140. The highest BCUT2D eigenvalue weighted by Gasteiger charge is 2.30. The van der Waals surface area contributed by atoms with E-state index >= 15 is 0 Å². The van der Waals surface area contributed by atoms with Crippen molar-refractivity contribution in [1.29, 1.82) is 5.26 Å². The minimum atomic E-state index is -0.753. The van der Waals surface area contributed by atoms with Crippen LogP contribution >= 0.6 is 0 Å². The molecule has 164 valence electrons. The smallest absolute Gasteiger partial charge is 0.159 e. The molecular weight excluding hydrogens is 376 g/mol. The summed E-state index contributed by atoms with van der Waals surface area (Å²) in [4.78, 5) is 0. The van der Waals surface area contributed by atoms with Gasteiger partial charge in [0.05, 0.1) is 6.07 Å². The highest BCUT2D eigenvalue weighted by molar-refractivity contribution is 5.17. The van der Waals surface area contributed by atoms with E-state index in [4.69, 9.17) is 5.26 Å². The summed E-state index contributed by atoms with van der Waals surface area (Å²) >= 11 is 0. The van der Waals surface area contributed by atoms with Crippen LogP contribution in [0.2, 0.25) is 0 Å². The van der Waals surface area contributed by atoms with Crippen molar-refractivity contribution < 1.29 is 8.78 Å². The lowest BCUT2D eigenvalue weighted by atomic mass is 9.68. The first-order valence-electron chi connectivity index (χ1n) is 12.1. The molecule has 0 saturated heterocycles. The van der Waals surface area contributed by atoms with Crippen molar-refractivity contribution >= 4 is 0 Å². The Labute approximate surface area is 181 Å². The molecule has 0 radical (unpaired) electrons. The fourth-order valence-corrected chi connectivity index (χ4v) is 5.82. The third-order valence-corrected chi connectivity index (χ3v) is 7.70. The number of unbranched alkanes of at least 4 members (excludes halogenated alkanes) is 1. The highest BCUT2D eigenvalue weighted by atomic mass is 19.2. The number of nitriles is 1. The zero-order valence-corrected chi connectivity index (χ0v) is 18.3. The van der Waals surface area contributed by atoms with Crippen molar-refractivity contribution in [2.75, 3.05) is 0 Å². The number of aryl methyl sites for hydroxylation is 1. The van der Waals surface area contributed by atoms with Crippen LogP contribution in [-0.2, 0) is 6.42 Å². The van der Waals surface area contributed by atoms with Gasteiger partial charge in [0, 0.05) is 6.08 Å². The topological polar surface area (TPSA) is 23.8 Å². The molecule has 0 amide bonds. The first kappa shape index (κ1) is 23.0. The van der Waals surface area contributed by atoms with Gasteiger partial charge in [-0.1, -0.05) is 50.7 Å². The van der Waals surface area contributed by atoms with Crippen LogP contribution in [0.25, 0.3) is 0 Å². The second-order valence-electron chi connectivity index (χ2n) is 9.66. The molecule has 2 aliphatic rings. The molecule has 0 bridgehead atoms. The predicted octanol–water partition coefficient (Wildman–Crippen LogP) is 8.15. The zero-order chi connectivity index (χ0) is 21.2. The molecule has 0 aromatic heterocycles. The number of benzene rings is 1. The lowest BCUT2D eigenvalue weighted by Crippen LogP contribution is -2.25. The van der Waals surface area contributed by atoms with Gasteiger partial charge in [-0.3, -0.25) is 0 Å². The standard InChI is InChI=1S/C27H37F2N/c28-26-18-13-23(20-27(26)29)8-4-3-7-22-11-16-25(17-12-22)24-14-9-21(10-15-24)6-2-1-5-19-30/h1,5,13,18,20-22,24-25H,2-4,6-12,14-17H2/t21-,22-,24-,25-. The van der Waals surface area contributed by atoms with E-state index in [1.165, 1.54) is 82.8 Å². The summed E-state index contributed by atoms with van der Waals surface area (Å²) in [5.74, 6) is 2.16. The Bertz CT molecular complexity index is 704. The maximum Gasteiger partial charge on any atom is 0.159 e. The van der Waals surface area contributed by atoms with Gasteiger partial charge >= 0.3 is 0 Å². The van der Waals surface area contributed by atoms with E-state index in [9.17, 15) is 8.78 Å². The van der Waals surface area contributed by atoms with Crippen LogP contribution in [0, 0.1) is 46.6 Å². The maximum absolute atomic E-state index is 13.3. The van der Waals surface area contributed by atoms with E-state index in [-0.39, 0.29) is 0 Å². The van der Waals surface area contributed by atoms with Gasteiger partial charge in [0.15, 0.2) is 11.6 Å². The summed E-state index contributed by atoms with van der Waals surface area (Å²) in [6, 6.07) is 6.38. The van der Waals surface area contributed by atoms with Crippen molar-refractivity contribution in [2.24, 2.45) is 23.7 Å². The molecule has 30 heavy (non-hydrogen) atoms. The number of hydrogen-bond acceptors (Lipinski definition) is 1. The Morgan fingerprint density at radius 2 is 1.47 bits per heavy atom. The number of allylic oxidation sites excluding steroid dienone is 2. The van der Waals surface area contributed by atoms with Gasteiger partial charge in [-0.05, 0) is 92.7 Å². The quantitative estimate of drug-likeness (QED) is 0.296. The zero-order valence-electron chi connectivity index (χ0n) is 18.3. The fraction of sp³-hybridized carbons (Fsp3) is 0.667. The lowest BCUT2D eigenvalue weighted by Gasteiger charge is -2.38. The van der Waals surface area contributed by atoms with Crippen LogP contribution in [0.5, 0.6) is 0 Å². The van der Waals surface area contributed by atoms with Crippen LogP contribution < -0.4 is 0 Å². The minimum absolute atomic E-state index is 0.726. The first-order chi connectivity index (χ1) is 14.7. The normalized spacial score (nSPS) is 27.2. The Kier molecular flexibility index (Phi) is 9.37.